The smallest absolute Gasteiger partial charge is 0.253 e. The average molecular weight is 337 g/mol. The van der Waals surface area contributed by atoms with Crippen molar-refractivity contribution in [2.45, 2.75) is 13.5 Å². The molecule has 0 unspecified atom stereocenters. The third-order valence-electron chi connectivity index (χ3n) is 4.59. The lowest BCUT2D eigenvalue weighted by Crippen LogP contribution is -2.24. The minimum absolute atomic E-state index is 0.0614. The van der Waals surface area contributed by atoms with Crippen molar-refractivity contribution in [3.05, 3.63) is 41.5 Å². The number of para-hydroxylation sites is 1. The molecule has 4 rings (SSSR count). The highest BCUT2D eigenvalue weighted by Crippen LogP contribution is 2.37. The Hall–Kier alpha value is -3.02. The van der Waals surface area contributed by atoms with Gasteiger partial charge in [0, 0.05) is 19.2 Å². The van der Waals surface area contributed by atoms with Gasteiger partial charge in [-0.25, -0.2) is 4.98 Å². The second kappa shape index (κ2) is 5.81. The first-order valence-electron chi connectivity index (χ1n) is 8.14. The summed E-state index contributed by atoms with van der Waals surface area (Å²) in [6.07, 6.45) is 0. The number of hydrogen-bond acceptors (Lipinski definition) is 4. The van der Waals surface area contributed by atoms with Crippen molar-refractivity contribution in [3.8, 4) is 22.9 Å². The maximum Gasteiger partial charge on any atom is 0.253 e. The monoisotopic (exact) mass is 337 g/mol. The van der Waals surface area contributed by atoms with Crippen LogP contribution in [0, 0.1) is 6.92 Å². The van der Waals surface area contributed by atoms with Crippen LogP contribution < -0.4 is 14.8 Å². The van der Waals surface area contributed by atoms with Gasteiger partial charge in [-0.15, -0.1) is 0 Å². The maximum absolute atomic E-state index is 12.3. The van der Waals surface area contributed by atoms with Gasteiger partial charge in [-0.1, -0.05) is 6.07 Å². The Morgan fingerprint density at radius 2 is 1.92 bits per heavy atom. The second-order valence-corrected chi connectivity index (χ2v) is 6.04. The van der Waals surface area contributed by atoms with E-state index >= 15 is 0 Å². The van der Waals surface area contributed by atoms with Crippen LogP contribution in [0.25, 0.3) is 22.4 Å². The van der Waals surface area contributed by atoms with Crippen molar-refractivity contribution >= 4 is 16.9 Å². The Balaban J connectivity index is 2.03. The molecule has 0 atom stereocenters. The van der Waals surface area contributed by atoms with Gasteiger partial charge in [0.05, 0.1) is 36.4 Å². The van der Waals surface area contributed by atoms with Crippen LogP contribution in [0.5, 0.6) is 11.5 Å². The molecule has 6 nitrogen and oxygen atoms in total. The van der Waals surface area contributed by atoms with E-state index < -0.39 is 0 Å². The lowest BCUT2D eigenvalue weighted by atomic mass is 10.1. The molecule has 6 heteroatoms. The van der Waals surface area contributed by atoms with Crippen LogP contribution in [-0.2, 0) is 6.54 Å². The highest BCUT2D eigenvalue weighted by atomic mass is 16.5. The minimum Gasteiger partial charge on any atom is -0.496 e. The molecule has 1 amide bonds. The fourth-order valence-corrected chi connectivity index (χ4v) is 3.40. The van der Waals surface area contributed by atoms with Crippen molar-refractivity contribution < 1.29 is 14.3 Å². The molecular weight excluding hydrogens is 318 g/mol. The van der Waals surface area contributed by atoms with Crippen LogP contribution in [0.15, 0.2) is 30.3 Å². The van der Waals surface area contributed by atoms with Crippen LogP contribution >= 0.6 is 0 Å². The second-order valence-electron chi connectivity index (χ2n) is 6.04. The van der Waals surface area contributed by atoms with E-state index in [1.807, 2.05) is 37.3 Å². The first-order valence-corrected chi connectivity index (χ1v) is 8.14. The highest BCUT2D eigenvalue weighted by Gasteiger charge is 2.23. The molecule has 0 saturated carbocycles. The number of ether oxygens (including phenoxy) is 2. The molecule has 0 bridgehead atoms. The molecule has 2 aromatic carbocycles. The number of hydrogen-bond donors (Lipinski definition) is 1. The number of carbonyl (C=O) groups excluding carboxylic acids is 1. The molecule has 25 heavy (non-hydrogen) atoms. The van der Waals surface area contributed by atoms with Gasteiger partial charge < -0.3 is 19.4 Å². The largest absolute Gasteiger partial charge is 0.496 e. The number of imidazole rings is 1. The molecule has 128 valence electrons. The van der Waals surface area contributed by atoms with Gasteiger partial charge in [-0.05, 0) is 30.7 Å². The van der Waals surface area contributed by atoms with Gasteiger partial charge in [-0.3, -0.25) is 4.79 Å². The van der Waals surface area contributed by atoms with Crippen LogP contribution in [-0.4, -0.2) is 36.2 Å². The third kappa shape index (κ3) is 2.33. The van der Waals surface area contributed by atoms with E-state index in [1.165, 1.54) is 0 Å². The molecule has 0 spiro atoms. The zero-order valence-electron chi connectivity index (χ0n) is 14.4. The van der Waals surface area contributed by atoms with E-state index in [1.54, 1.807) is 14.2 Å². The Morgan fingerprint density at radius 1 is 1.12 bits per heavy atom. The number of rotatable bonds is 3. The summed E-state index contributed by atoms with van der Waals surface area (Å²) >= 11 is 0. The maximum atomic E-state index is 12.3. The number of carbonyl (C=O) groups is 1. The van der Waals surface area contributed by atoms with Crippen molar-refractivity contribution in [1.29, 1.82) is 0 Å². The van der Waals surface area contributed by atoms with Crippen molar-refractivity contribution in [3.63, 3.8) is 0 Å². The first-order chi connectivity index (χ1) is 12.1. The molecule has 1 aromatic heterocycles. The molecule has 0 saturated heterocycles. The summed E-state index contributed by atoms with van der Waals surface area (Å²) in [5.74, 6) is 2.19. The standard InChI is InChI=1S/C19H19N3O3/c1-11-9-13(16(25-3)10-15(11)24-2)18-21-14-6-4-5-12-17(14)22(18)8-7-20-19(12)23/h4-6,9-10H,7-8H2,1-3H3,(H,20,23). The van der Waals surface area contributed by atoms with Crippen molar-refractivity contribution in [2.75, 3.05) is 20.8 Å². The normalized spacial score (nSPS) is 13.5. The quantitative estimate of drug-likeness (QED) is 0.798. The van der Waals surface area contributed by atoms with Crippen molar-refractivity contribution in [1.82, 2.24) is 14.9 Å². The summed E-state index contributed by atoms with van der Waals surface area (Å²) in [4.78, 5) is 17.1. The lowest BCUT2D eigenvalue weighted by molar-refractivity contribution is 0.0956. The van der Waals surface area contributed by atoms with Crippen LogP contribution in [0.1, 0.15) is 15.9 Å². The molecule has 1 aliphatic rings. The molecule has 0 fully saturated rings. The van der Waals surface area contributed by atoms with Gasteiger partial charge in [-0.2, -0.15) is 0 Å². The van der Waals surface area contributed by atoms with Gasteiger partial charge in [0.1, 0.15) is 17.3 Å². The SMILES string of the molecule is COc1cc(OC)c(-c2nc3cccc4c3n2CCNC4=O)cc1C. The van der Waals surface area contributed by atoms with Gasteiger partial charge in [0.15, 0.2) is 0 Å². The molecule has 2 heterocycles. The topological polar surface area (TPSA) is 65.4 Å². The summed E-state index contributed by atoms with van der Waals surface area (Å²) < 4.78 is 13.1. The summed E-state index contributed by atoms with van der Waals surface area (Å²) in [6.45, 7) is 3.20. The van der Waals surface area contributed by atoms with Crippen LogP contribution in [0.2, 0.25) is 0 Å². The molecule has 0 radical (unpaired) electrons. The Kier molecular flexibility index (Phi) is 3.60. The molecular formula is C19H19N3O3. The first kappa shape index (κ1) is 15.5. The number of benzene rings is 2. The van der Waals surface area contributed by atoms with E-state index in [2.05, 4.69) is 9.88 Å². The van der Waals surface area contributed by atoms with Crippen LogP contribution in [0.3, 0.4) is 0 Å². The molecule has 0 aliphatic carbocycles. The molecule has 3 aromatic rings. The number of aryl methyl sites for hydroxylation is 1. The summed E-state index contributed by atoms with van der Waals surface area (Å²) in [5.41, 5.74) is 4.21. The van der Waals surface area contributed by atoms with Gasteiger partial charge in [0.25, 0.3) is 5.91 Å². The predicted octanol–water partition coefficient (Wildman–Crippen LogP) is 2.77. The lowest BCUT2D eigenvalue weighted by Gasteiger charge is -2.14. The van der Waals surface area contributed by atoms with Crippen molar-refractivity contribution in [2.24, 2.45) is 0 Å². The Morgan fingerprint density at radius 3 is 2.68 bits per heavy atom. The Bertz CT molecular complexity index is 991. The number of nitrogens with zero attached hydrogens (tertiary/aromatic N) is 2. The summed E-state index contributed by atoms with van der Waals surface area (Å²) in [5, 5.41) is 2.94. The fraction of sp³-hybridized carbons (Fsp3) is 0.263. The van der Waals surface area contributed by atoms with E-state index in [0.717, 1.165) is 33.7 Å². The summed E-state index contributed by atoms with van der Waals surface area (Å²) in [7, 11) is 3.28. The van der Waals surface area contributed by atoms with E-state index in [4.69, 9.17) is 14.5 Å². The van der Waals surface area contributed by atoms with E-state index in [9.17, 15) is 4.79 Å². The zero-order valence-corrected chi connectivity index (χ0v) is 14.4. The number of amides is 1. The molecule has 1 N–H and O–H groups in total. The summed E-state index contributed by atoms with van der Waals surface area (Å²) in [6, 6.07) is 9.52. The third-order valence-corrected chi connectivity index (χ3v) is 4.59. The number of nitrogens with one attached hydrogen (secondary N) is 1. The van der Waals surface area contributed by atoms with E-state index in [0.29, 0.717) is 24.4 Å². The highest BCUT2D eigenvalue weighted by molar-refractivity contribution is 6.06. The number of aromatic nitrogens is 2. The predicted molar refractivity (Wildman–Crippen MR) is 95.3 cm³/mol. The van der Waals surface area contributed by atoms with E-state index in [-0.39, 0.29) is 5.91 Å². The van der Waals surface area contributed by atoms with Gasteiger partial charge >= 0.3 is 0 Å². The zero-order chi connectivity index (χ0) is 17.6. The fourth-order valence-electron chi connectivity index (χ4n) is 3.40. The minimum atomic E-state index is -0.0614. The van der Waals surface area contributed by atoms with Crippen LogP contribution in [0.4, 0.5) is 0 Å². The number of methoxy groups -OCH3 is 2. The Labute approximate surface area is 145 Å². The van der Waals surface area contributed by atoms with Gasteiger partial charge in [0.2, 0.25) is 0 Å². The molecule has 1 aliphatic heterocycles. The average Bonchev–Trinajstić information content (AvgIpc) is 2.90.